The third-order valence-corrected chi connectivity index (χ3v) is 7.00. The lowest BCUT2D eigenvalue weighted by molar-refractivity contribution is -0.132. The SMILES string of the molecule is CCc1ccccc1NC(=O)N(CCCOC)CC(=O)N(CCc1c[nH]c2ccccc12)Cc1ccc(F)cc1. The summed E-state index contributed by atoms with van der Waals surface area (Å²) >= 11 is 0. The smallest absolute Gasteiger partial charge is 0.322 e. The predicted molar refractivity (Wildman–Crippen MR) is 157 cm³/mol. The van der Waals surface area contributed by atoms with Crippen molar-refractivity contribution in [2.45, 2.75) is 32.7 Å². The molecule has 0 bridgehead atoms. The number of anilines is 1. The second-order valence-electron chi connectivity index (χ2n) is 9.76. The maximum Gasteiger partial charge on any atom is 0.322 e. The summed E-state index contributed by atoms with van der Waals surface area (Å²) in [5, 5.41) is 4.11. The maximum atomic E-state index is 13.8. The van der Waals surface area contributed by atoms with Crippen molar-refractivity contribution < 1.29 is 18.7 Å². The Morgan fingerprint density at radius 3 is 2.45 bits per heavy atom. The topological polar surface area (TPSA) is 77.7 Å². The third kappa shape index (κ3) is 7.70. The number of aromatic amines is 1. The zero-order chi connectivity index (χ0) is 28.3. The van der Waals surface area contributed by atoms with Gasteiger partial charge in [0.15, 0.2) is 0 Å². The van der Waals surface area contributed by atoms with Crippen LogP contribution in [0.3, 0.4) is 0 Å². The monoisotopic (exact) mass is 544 g/mol. The van der Waals surface area contributed by atoms with E-state index < -0.39 is 0 Å². The van der Waals surface area contributed by atoms with Crippen LogP contribution in [0.25, 0.3) is 10.9 Å². The lowest BCUT2D eigenvalue weighted by Gasteiger charge is -2.28. The number of rotatable bonds is 13. The molecule has 0 fully saturated rings. The van der Waals surface area contributed by atoms with Gasteiger partial charge in [-0.1, -0.05) is 55.5 Å². The van der Waals surface area contributed by atoms with Crippen molar-refractivity contribution in [3.8, 4) is 0 Å². The Hall–Kier alpha value is -4.17. The molecule has 40 heavy (non-hydrogen) atoms. The molecule has 0 spiro atoms. The number of nitrogens with one attached hydrogen (secondary N) is 2. The van der Waals surface area contributed by atoms with Crippen molar-refractivity contribution in [1.82, 2.24) is 14.8 Å². The number of halogens is 1. The Balaban J connectivity index is 1.52. The number of fused-ring (bicyclic) bond motifs is 1. The van der Waals surface area contributed by atoms with E-state index in [9.17, 15) is 14.0 Å². The number of carbonyl (C=O) groups is 2. The number of hydrogen-bond donors (Lipinski definition) is 2. The summed E-state index contributed by atoms with van der Waals surface area (Å²) in [6, 6.07) is 21.6. The van der Waals surface area contributed by atoms with Crippen LogP contribution < -0.4 is 5.32 Å². The Labute approximate surface area is 234 Å². The van der Waals surface area contributed by atoms with Gasteiger partial charge < -0.3 is 24.8 Å². The number of aromatic nitrogens is 1. The van der Waals surface area contributed by atoms with E-state index in [1.807, 2.05) is 55.6 Å². The van der Waals surface area contributed by atoms with E-state index in [4.69, 9.17) is 4.74 Å². The third-order valence-electron chi connectivity index (χ3n) is 7.00. The van der Waals surface area contributed by atoms with Crippen LogP contribution in [0.4, 0.5) is 14.9 Å². The largest absolute Gasteiger partial charge is 0.385 e. The second-order valence-corrected chi connectivity index (χ2v) is 9.76. The first-order valence-corrected chi connectivity index (χ1v) is 13.7. The second kappa shape index (κ2) is 14.3. The Morgan fingerprint density at radius 1 is 0.925 bits per heavy atom. The van der Waals surface area contributed by atoms with Crippen molar-refractivity contribution in [3.63, 3.8) is 0 Å². The summed E-state index contributed by atoms with van der Waals surface area (Å²) in [5.74, 6) is -0.505. The van der Waals surface area contributed by atoms with Gasteiger partial charge in [0.25, 0.3) is 0 Å². The highest BCUT2D eigenvalue weighted by Crippen LogP contribution is 2.20. The number of urea groups is 1. The van der Waals surface area contributed by atoms with Crippen LogP contribution in [0, 0.1) is 5.82 Å². The van der Waals surface area contributed by atoms with Crippen LogP contribution >= 0.6 is 0 Å². The number of amides is 3. The van der Waals surface area contributed by atoms with Gasteiger partial charge in [0.2, 0.25) is 5.91 Å². The molecule has 8 heteroatoms. The molecule has 3 aromatic carbocycles. The van der Waals surface area contributed by atoms with Gasteiger partial charge in [-0.05, 0) is 60.2 Å². The fourth-order valence-electron chi connectivity index (χ4n) is 4.76. The first-order chi connectivity index (χ1) is 19.5. The number of ether oxygens (including phenoxy) is 1. The van der Waals surface area contributed by atoms with Gasteiger partial charge in [-0.2, -0.15) is 0 Å². The van der Waals surface area contributed by atoms with Gasteiger partial charge in [-0.25, -0.2) is 9.18 Å². The van der Waals surface area contributed by atoms with E-state index in [1.165, 1.54) is 17.0 Å². The molecule has 4 aromatic rings. The number of benzene rings is 3. The molecule has 0 saturated heterocycles. The molecular weight excluding hydrogens is 507 g/mol. The standard InChI is InChI=1S/C32H37FN4O3/c1-3-25-9-4-6-11-29(25)35-32(39)37(18-8-20-40-2)23-31(38)36(22-24-13-15-27(33)16-14-24)19-17-26-21-34-30-12-7-5-10-28(26)30/h4-7,9-16,21,34H,3,8,17-20,22-23H2,1-2H3,(H,35,39). The van der Waals surface area contributed by atoms with Crippen LogP contribution in [0.15, 0.2) is 79.0 Å². The highest BCUT2D eigenvalue weighted by Gasteiger charge is 2.22. The molecular formula is C32H37FN4O3. The molecule has 1 aromatic heterocycles. The van der Waals surface area contributed by atoms with Crippen molar-refractivity contribution in [1.29, 1.82) is 0 Å². The molecule has 7 nitrogen and oxygen atoms in total. The summed E-state index contributed by atoms with van der Waals surface area (Å²) in [6.45, 7) is 3.55. The lowest BCUT2D eigenvalue weighted by atomic mass is 10.1. The van der Waals surface area contributed by atoms with E-state index in [2.05, 4.69) is 16.4 Å². The minimum Gasteiger partial charge on any atom is -0.385 e. The number of methoxy groups -OCH3 is 1. The first-order valence-electron chi connectivity index (χ1n) is 13.7. The van der Waals surface area contributed by atoms with Crippen molar-refractivity contribution in [3.05, 3.63) is 102 Å². The minimum absolute atomic E-state index is 0.0844. The summed E-state index contributed by atoms with van der Waals surface area (Å²) in [6.07, 6.45) is 3.98. The van der Waals surface area contributed by atoms with Crippen LogP contribution in [-0.4, -0.2) is 60.1 Å². The summed E-state index contributed by atoms with van der Waals surface area (Å²) in [4.78, 5) is 33.7. The molecule has 0 aliphatic rings. The minimum atomic E-state index is -0.330. The number of hydrogen-bond acceptors (Lipinski definition) is 3. The van der Waals surface area contributed by atoms with Gasteiger partial charge in [-0.3, -0.25) is 4.79 Å². The van der Waals surface area contributed by atoms with Gasteiger partial charge in [0, 0.05) is 56.1 Å². The maximum absolute atomic E-state index is 13.8. The molecule has 0 aliphatic heterocycles. The summed E-state index contributed by atoms with van der Waals surface area (Å²) < 4.78 is 18.8. The van der Waals surface area contributed by atoms with Crippen LogP contribution in [0.1, 0.15) is 30.0 Å². The fourth-order valence-corrected chi connectivity index (χ4v) is 4.76. The zero-order valence-corrected chi connectivity index (χ0v) is 23.2. The van der Waals surface area contributed by atoms with E-state index >= 15 is 0 Å². The van der Waals surface area contributed by atoms with Crippen molar-refractivity contribution in [2.24, 2.45) is 0 Å². The molecule has 4 rings (SSSR count). The number of para-hydroxylation sites is 2. The highest BCUT2D eigenvalue weighted by atomic mass is 19.1. The molecule has 0 aliphatic carbocycles. The van der Waals surface area contributed by atoms with E-state index in [1.54, 1.807) is 24.1 Å². The molecule has 0 radical (unpaired) electrons. The van der Waals surface area contributed by atoms with Gasteiger partial charge in [0.1, 0.15) is 12.4 Å². The van der Waals surface area contributed by atoms with Gasteiger partial charge >= 0.3 is 6.03 Å². The fraction of sp³-hybridized carbons (Fsp3) is 0.312. The average molecular weight is 545 g/mol. The molecule has 2 N–H and O–H groups in total. The molecule has 1 heterocycles. The first kappa shape index (κ1) is 28.8. The normalized spacial score (nSPS) is 11.0. The predicted octanol–water partition coefficient (Wildman–Crippen LogP) is 6.01. The van der Waals surface area contributed by atoms with E-state index in [-0.39, 0.29) is 24.3 Å². The molecule has 0 saturated carbocycles. The molecule has 0 atom stereocenters. The number of nitrogens with zero attached hydrogens (tertiary/aromatic N) is 2. The summed E-state index contributed by atoms with van der Waals surface area (Å²) in [7, 11) is 1.61. The van der Waals surface area contributed by atoms with E-state index in [0.29, 0.717) is 39.1 Å². The van der Waals surface area contributed by atoms with E-state index in [0.717, 1.165) is 39.7 Å². The highest BCUT2D eigenvalue weighted by molar-refractivity contribution is 5.93. The number of aryl methyl sites for hydroxylation is 1. The Morgan fingerprint density at radius 2 is 1.68 bits per heavy atom. The summed E-state index contributed by atoms with van der Waals surface area (Å²) in [5.41, 5.74) is 4.74. The number of H-pyrrole nitrogens is 1. The lowest BCUT2D eigenvalue weighted by Crippen LogP contribution is -2.45. The number of carbonyl (C=O) groups excluding carboxylic acids is 2. The molecule has 210 valence electrons. The Kier molecular flexibility index (Phi) is 10.3. The van der Waals surface area contributed by atoms with Gasteiger partial charge in [0.05, 0.1) is 0 Å². The van der Waals surface area contributed by atoms with Crippen LogP contribution in [0.5, 0.6) is 0 Å². The Bertz CT molecular complexity index is 1400. The van der Waals surface area contributed by atoms with Gasteiger partial charge in [-0.15, -0.1) is 0 Å². The van der Waals surface area contributed by atoms with Crippen LogP contribution in [0.2, 0.25) is 0 Å². The quantitative estimate of drug-likeness (QED) is 0.202. The van der Waals surface area contributed by atoms with Crippen LogP contribution in [-0.2, 0) is 28.9 Å². The van der Waals surface area contributed by atoms with Crippen molar-refractivity contribution >= 4 is 28.5 Å². The molecule has 0 unspecified atom stereocenters. The average Bonchev–Trinajstić information content (AvgIpc) is 3.39. The van der Waals surface area contributed by atoms with Crippen molar-refractivity contribution in [2.75, 3.05) is 38.7 Å². The zero-order valence-electron chi connectivity index (χ0n) is 23.2. The molecule has 3 amide bonds.